The first-order chi connectivity index (χ1) is 24.7. The van der Waals surface area contributed by atoms with E-state index >= 15 is 4.39 Å². The first-order valence-electron chi connectivity index (χ1n) is 17.4. The number of aryl methyl sites for hydroxylation is 2. The van der Waals surface area contributed by atoms with E-state index in [0.29, 0.717) is 116 Å². The SMILES string of the molecule is Cc1nc2c(cc(-c3nc(N4CCN(S(=O)(=O)N5CCOCC5)CC4)ns3)n2C)c(-c2cc(F)c3c(c2C)CCCO3)c1[C@H](OC(C)(C)C)C(=O)O. The molecule has 3 aromatic heterocycles. The Bertz CT molecular complexity index is 2130. The van der Waals surface area contributed by atoms with E-state index in [2.05, 4.69) is 4.37 Å². The summed E-state index contributed by atoms with van der Waals surface area (Å²) >= 11 is 1.21. The molecule has 2 saturated heterocycles. The molecule has 6 heterocycles. The summed E-state index contributed by atoms with van der Waals surface area (Å²) in [6.07, 6.45) is -0.00688. The fraction of sp³-hybridized carbons (Fsp3) is 0.543. The van der Waals surface area contributed by atoms with Crippen molar-refractivity contribution in [2.75, 3.05) is 64.0 Å². The predicted molar refractivity (Wildman–Crippen MR) is 195 cm³/mol. The third-order valence-electron chi connectivity index (χ3n) is 9.85. The van der Waals surface area contributed by atoms with Crippen LogP contribution in [0.1, 0.15) is 55.7 Å². The highest BCUT2D eigenvalue weighted by atomic mass is 32.2. The number of morpholine rings is 1. The van der Waals surface area contributed by atoms with Gasteiger partial charge in [-0.05, 0) is 82.3 Å². The van der Waals surface area contributed by atoms with Gasteiger partial charge in [0.1, 0.15) is 5.65 Å². The molecule has 3 aliphatic rings. The number of hydrogen-bond donors (Lipinski definition) is 1. The lowest BCUT2D eigenvalue weighted by Gasteiger charge is -2.37. The summed E-state index contributed by atoms with van der Waals surface area (Å²) in [4.78, 5) is 24.7. The summed E-state index contributed by atoms with van der Waals surface area (Å²) < 4.78 is 69.0. The van der Waals surface area contributed by atoms with Crippen molar-refractivity contribution in [2.24, 2.45) is 7.05 Å². The highest BCUT2D eigenvalue weighted by molar-refractivity contribution is 7.86. The van der Waals surface area contributed by atoms with Gasteiger partial charge in [0.05, 0.1) is 31.1 Å². The summed E-state index contributed by atoms with van der Waals surface area (Å²) in [5, 5.41) is 11.8. The largest absolute Gasteiger partial charge is 0.490 e. The molecule has 7 rings (SSSR count). The molecule has 1 aromatic carbocycles. The highest BCUT2D eigenvalue weighted by Gasteiger charge is 2.36. The lowest BCUT2D eigenvalue weighted by molar-refractivity contribution is -0.160. The number of carbonyl (C=O) groups is 1. The van der Waals surface area contributed by atoms with Crippen LogP contribution in [0.2, 0.25) is 0 Å². The molecule has 14 nitrogen and oxygen atoms in total. The van der Waals surface area contributed by atoms with E-state index in [9.17, 15) is 18.3 Å². The fourth-order valence-corrected chi connectivity index (χ4v) is 9.58. The summed E-state index contributed by atoms with van der Waals surface area (Å²) in [5.41, 5.74) is 3.92. The molecular weight excluding hydrogens is 714 g/mol. The minimum atomic E-state index is -3.58. The normalized spacial score (nSPS) is 18.4. The summed E-state index contributed by atoms with van der Waals surface area (Å²) in [6, 6.07) is 3.34. The Labute approximate surface area is 306 Å². The number of nitrogens with zero attached hydrogens (tertiary/aromatic N) is 7. The van der Waals surface area contributed by atoms with Gasteiger partial charge < -0.3 is 28.8 Å². The number of halogens is 1. The van der Waals surface area contributed by atoms with Gasteiger partial charge in [0, 0.05) is 74.1 Å². The molecule has 1 N–H and O–H groups in total. The van der Waals surface area contributed by atoms with Gasteiger partial charge in [-0.3, -0.25) is 0 Å². The standard InChI is InChI=1S/C35H44FN7O7S2/c1-20-22-8-7-15-49-29(22)25(36)18-23(20)28-24-19-26(40(6)31(24)37-21(2)27(28)30(33(44)45)50-35(3,4)5)32-38-34(39-51-32)41-9-11-42(12-10-41)52(46,47)43-13-16-48-17-14-43/h18-19,30H,7-17H2,1-6H3,(H,44,45)/t30-/m0/s1. The molecular formula is C35H44FN7O7S2. The molecule has 0 aliphatic carbocycles. The Morgan fingerprint density at radius 3 is 2.40 bits per heavy atom. The maximum Gasteiger partial charge on any atom is 0.337 e. The summed E-state index contributed by atoms with van der Waals surface area (Å²) in [6.45, 7) is 12.4. The number of piperazine rings is 1. The summed E-state index contributed by atoms with van der Waals surface area (Å²) in [7, 11) is -1.72. The predicted octanol–water partition coefficient (Wildman–Crippen LogP) is 4.48. The van der Waals surface area contributed by atoms with Gasteiger partial charge in [-0.1, -0.05) is 0 Å². The van der Waals surface area contributed by atoms with Gasteiger partial charge in [-0.15, -0.1) is 0 Å². The Balaban J connectivity index is 1.29. The number of pyridine rings is 1. The molecule has 0 radical (unpaired) electrons. The second-order valence-electron chi connectivity index (χ2n) is 14.4. The zero-order valence-corrected chi connectivity index (χ0v) is 31.9. The second-order valence-corrected chi connectivity index (χ2v) is 17.0. The topological polar surface area (TPSA) is 152 Å². The Morgan fingerprint density at radius 1 is 1.04 bits per heavy atom. The number of aliphatic carboxylic acids is 1. The smallest absolute Gasteiger partial charge is 0.337 e. The number of anilines is 1. The van der Waals surface area contributed by atoms with Crippen LogP contribution in [-0.4, -0.2) is 112 Å². The van der Waals surface area contributed by atoms with Crippen molar-refractivity contribution in [2.45, 2.75) is 59.2 Å². The highest BCUT2D eigenvalue weighted by Crippen LogP contribution is 2.45. The molecule has 0 amide bonds. The van der Waals surface area contributed by atoms with Crippen molar-refractivity contribution in [3.05, 3.63) is 40.3 Å². The summed E-state index contributed by atoms with van der Waals surface area (Å²) in [5.74, 6) is -0.944. The van der Waals surface area contributed by atoms with Crippen LogP contribution in [0.4, 0.5) is 10.3 Å². The number of rotatable bonds is 8. The van der Waals surface area contributed by atoms with Crippen molar-refractivity contribution in [1.29, 1.82) is 0 Å². The average Bonchev–Trinajstić information content (AvgIpc) is 3.73. The number of fused-ring (bicyclic) bond motifs is 2. The number of hydrogen-bond acceptors (Lipinski definition) is 11. The minimum Gasteiger partial charge on any atom is -0.490 e. The maximum absolute atomic E-state index is 15.8. The first kappa shape index (κ1) is 36.6. The van der Waals surface area contributed by atoms with E-state index < -0.39 is 33.7 Å². The van der Waals surface area contributed by atoms with Crippen molar-refractivity contribution in [3.8, 4) is 27.6 Å². The molecule has 52 heavy (non-hydrogen) atoms. The number of aromatic nitrogens is 4. The van der Waals surface area contributed by atoms with Crippen LogP contribution in [0.3, 0.4) is 0 Å². The van der Waals surface area contributed by atoms with Gasteiger partial charge in [0.2, 0.25) is 5.95 Å². The second kappa shape index (κ2) is 13.9. The molecule has 0 unspecified atom stereocenters. The molecule has 280 valence electrons. The maximum atomic E-state index is 15.8. The lowest BCUT2D eigenvalue weighted by Crippen LogP contribution is -2.55. The van der Waals surface area contributed by atoms with Crippen LogP contribution in [0.25, 0.3) is 32.9 Å². The zero-order chi connectivity index (χ0) is 37.1. The number of ether oxygens (including phenoxy) is 3. The van der Waals surface area contributed by atoms with E-state index in [4.69, 9.17) is 24.2 Å². The Kier molecular flexibility index (Phi) is 9.80. The molecule has 4 aromatic rings. The van der Waals surface area contributed by atoms with Crippen LogP contribution in [0.5, 0.6) is 5.75 Å². The average molecular weight is 758 g/mol. The molecule has 0 spiro atoms. The van der Waals surface area contributed by atoms with Gasteiger partial charge in [0.25, 0.3) is 10.2 Å². The van der Waals surface area contributed by atoms with Crippen molar-refractivity contribution < 1.29 is 36.9 Å². The minimum absolute atomic E-state index is 0.242. The number of carboxylic acid groups (broad SMARTS) is 1. The van der Waals surface area contributed by atoms with Crippen LogP contribution < -0.4 is 9.64 Å². The van der Waals surface area contributed by atoms with Crippen molar-refractivity contribution in [3.63, 3.8) is 0 Å². The Morgan fingerprint density at radius 2 is 1.73 bits per heavy atom. The molecule has 3 aliphatic heterocycles. The van der Waals surface area contributed by atoms with Gasteiger partial charge in [-0.25, -0.2) is 14.2 Å². The quantitative estimate of drug-likeness (QED) is 0.271. The monoisotopic (exact) mass is 757 g/mol. The van der Waals surface area contributed by atoms with E-state index in [1.54, 1.807) is 27.7 Å². The lowest BCUT2D eigenvalue weighted by atomic mass is 9.86. The van der Waals surface area contributed by atoms with Crippen LogP contribution in [0, 0.1) is 19.7 Å². The molecule has 0 bridgehead atoms. The molecule has 1 atom stereocenters. The van der Waals surface area contributed by atoms with Gasteiger partial charge >= 0.3 is 5.97 Å². The number of benzene rings is 1. The van der Waals surface area contributed by atoms with E-state index in [1.165, 1.54) is 26.2 Å². The van der Waals surface area contributed by atoms with E-state index in [0.717, 1.165) is 17.5 Å². The van der Waals surface area contributed by atoms with E-state index in [1.807, 2.05) is 29.5 Å². The van der Waals surface area contributed by atoms with Crippen molar-refractivity contribution >= 4 is 44.7 Å². The van der Waals surface area contributed by atoms with Gasteiger partial charge in [0.15, 0.2) is 22.7 Å². The first-order valence-corrected chi connectivity index (χ1v) is 19.6. The van der Waals surface area contributed by atoms with Crippen LogP contribution in [-0.2, 0) is 37.9 Å². The Hall–Kier alpha value is -3.74. The third-order valence-corrected chi connectivity index (χ3v) is 12.6. The zero-order valence-electron chi connectivity index (χ0n) is 30.2. The number of carboxylic acids is 1. The van der Waals surface area contributed by atoms with E-state index in [-0.39, 0.29) is 5.75 Å². The van der Waals surface area contributed by atoms with Crippen LogP contribution in [0.15, 0.2) is 12.1 Å². The van der Waals surface area contributed by atoms with Gasteiger partial charge in [-0.2, -0.15) is 26.4 Å². The fourth-order valence-electron chi connectivity index (χ4n) is 7.28. The third kappa shape index (κ3) is 6.66. The molecule has 17 heteroatoms. The van der Waals surface area contributed by atoms with Crippen molar-refractivity contribution in [1.82, 2.24) is 27.5 Å². The molecule has 0 saturated carbocycles. The van der Waals surface area contributed by atoms with Crippen LogP contribution >= 0.6 is 11.5 Å². The molecule has 2 fully saturated rings.